The van der Waals surface area contributed by atoms with Crippen LogP contribution in [0.3, 0.4) is 0 Å². The van der Waals surface area contributed by atoms with Crippen molar-refractivity contribution in [2.24, 2.45) is 0 Å². The largest absolute Gasteiger partial charge is 0.497 e. The lowest BCUT2D eigenvalue weighted by atomic mass is 9.78. The second kappa shape index (κ2) is 10.0. The SMILES string of the molecule is COc1ccc([C@H]2Nc3ccc(C(=O)c4ccccc4)cc3NC3=C2C(=O)C[C@@H](c2ccccc2)C3)cc1. The molecule has 1 heterocycles. The molecule has 6 rings (SSSR count). The summed E-state index contributed by atoms with van der Waals surface area (Å²) in [6, 6.07) is 32.6. The van der Waals surface area contributed by atoms with Crippen LogP contribution >= 0.6 is 0 Å². The van der Waals surface area contributed by atoms with Crippen LogP contribution in [0.5, 0.6) is 5.75 Å². The lowest BCUT2D eigenvalue weighted by molar-refractivity contribution is -0.116. The first-order valence-corrected chi connectivity index (χ1v) is 12.8. The number of benzene rings is 4. The van der Waals surface area contributed by atoms with Crippen LogP contribution in [0, 0.1) is 0 Å². The molecule has 2 atom stereocenters. The summed E-state index contributed by atoms with van der Waals surface area (Å²) >= 11 is 0. The zero-order valence-corrected chi connectivity index (χ0v) is 21.1. The number of carbonyl (C=O) groups is 2. The van der Waals surface area contributed by atoms with E-state index in [9.17, 15) is 9.59 Å². The van der Waals surface area contributed by atoms with Gasteiger partial charge in [0.15, 0.2) is 11.6 Å². The van der Waals surface area contributed by atoms with E-state index in [0.717, 1.165) is 39.5 Å². The molecule has 0 saturated heterocycles. The molecule has 0 radical (unpaired) electrons. The smallest absolute Gasteiger partial charge is 0.193 e. The van der Waals surface area contributed by atoms with Crippen molar-refractivity contribution in [1.29, 1.82) is 0 Å². The minimum Gasteiger partial charge on any atom is -0.497 e. The van der Waals surface area contributed by atoms with E-state index in [4.69, 9.17) is 4.74 Å². The second-order valence-electron chi connectivity index (χ2n) is 9.76. The van der Waals surface area contributed by atoms with Gasteiger partial charge in [-0.15, -0.1) is 0 Å². The van der Waals surface area contributed by atoms with E-state index >= 15 is 0 Å². The van der Waals surface area contributed by atoms with Gasteiger partial charge >= 0.3 is 0 Å². The third-order valence-corrected chi connectivity index (χ3v) is 7.42. The third kappa shape index (κ3) is 4.48. The van der Waals surface area contributed by atoms with Gasteiger partial charge in [0, 0.05) is 28.8 Å². The molecular formula is C33H28N2O3. The summed E-state index contributed by atoms with van der Waals surface area (Å²) in [6.07, 6.45) is 1.16. The number of anilines is 2. The van der Waals surface area contributed by atoms with E-state index < -0.39 is 0 Å². The second-order valence-corrected chi connectivity index (χ2v) is 9.76. The molecule has 0 aromatic heterocycles. The van der Waals surface area contributed by atoms with Crippen LogP contribution in [0.2, 0.25) is 0 Å². The van der Waals surface area contributed by atoms with Crippen molar-refractivity contribution in [2.75, 3.05) is 17.7 Å². The Morgan fingerprint density at radius 3 is 2.18 bits per heavy atom. The van der Waals surface area contributed by atoms with Gasteiger partial charge in [-0.3, -0.25) is 9.59 Å². The normalized spacial score (nSPS) is 18.4. The van der Waals surface area contributed by atoms with Gasteiger partial charge in [-0.05, 0) is 53.8 Å². The van der Waals surface area contributed by atoms with Gasteiger partial charge in [0.1, 0.15) is 5.75 Å². The van der Waals surface area contributed by atoms with E-state index in [-0.39, 0.29) is 23.5 Å². The fourth-order valence-electron chi connectivity index (χ4n) is 5.45. The molecule has 1 aliphatic carbocycles. The van der Waals surface area contributed by atoms with Crippen LogP contribution in [-0.2, 0) is 4.79 Å². The lowest BCUT2D eigenvalue weighted by Crippen LogP contribution is -2.26. The van der Waals surface area contributed by atoms with Gasteiger partial charge in [0.05, 0.1) is 24.5 Å². The number of carbonyl (C=O) groups excluding carboxylic acids is 2. The first kappa shape index (κ1) is 23.7. The van der Waals surface area contributed by atoms with Crippen LogP contribution in [0.4, 0.5) is 11.4 Å². The third-order valence-electron chi connectivity index (χ3n) is 7.42. The van der Waals surface area contributed by atoms with Gasteiger partial charge in [0.2, 0.25) is 0 Å². The van der Waals surface area contributed by atoms with Crippen LogP contribution in [0.25, 0.3) is 0 Å². The summed E-state index contributed by atoms with van der Waals surface area (Å²) in [4.78, 5) is 27.0. The minimum absolute atomic E-state index is 0.0396. The van der Waals surface area contributed by atoms with Crippen molar-refractivity contribution in [2.45, 2.75) is 24.8 Å². The molecule has 188 valence electrons. The molecule has 0 saturated carbocycles. The summed E-state index contributed by atoms with van der Waals surface area (Å²) < 4.78 is 5.36. The van der Waals surface area contributed by atoms with Gasteiger partial charge in [-0.1, -0.05) is 72.8 Å². The molecule has 0 bridgehead atoms. The number of ketones is 2. The topological polar surface area (TPSA) is 67.4 Å². The first-order chi connectivity index (χ1) is 18.6. The monoisotopic (exact) mass is 500 g/mol. The highest BCUT2D eigenvalue weighted by Gasteiger charge is 2.36. The fraction of sp³-hybridized carbons (Fsp3) is 0.152. The van der Waals surface area contributed by atoms with E-state index in [2.05, 4.69) is 22.8 Å². The number of hydrogen-bond acceptors (Lipinski definition) is 5. The molecule has 2 N–H and O–H groups in total. The zero-order valence-electron chi connectivity index (χ0n) is 21.1. The van der Waals surface area contributed by atoms with Crippen molar-refractivity contribution in [3.8, 4) is 5.75 Å². The van der Waals surface area contributed by atoms with Crippen molar-refractivity contribution in [3.05, 3.63) is 137 Å². The number of allylic oxidation sites excluding steroid dienone is 1. The summed E-state index contributed by atoms with van der Waals surface area (Å²) in [5.41, 5.74) is 6.63. The minimum atomic E-state index is -0.329. The van der Waals surface area contributed by atoms with E-state index in [1.807, 2.05) is 91.0 Å². The maximum atomic E-state index is 13.8. The quantitative estimate of drug-likeness (QED) is 0.292. The number of fused-ring (bicyclic) bond motifs is 1. The molecule has 38 heavy (non-hydrogen) atoms. The summed E-state index contributed by atoms with van der Waals surface area (Å²) in [5, 5.41) is 7.19. The molecule has 0 amide bonds. The fourth-order valence-corrected chi connectivity index (χ4v) is 5.45. The van der Waals surface area contributed by atoms with E-state index in [0.29, 0.717) is 24.0 Å². The molecule has 0 spiro atoms. The Kier molecular flexibility index (Phi) is 6.26. The maximum Gasteiger partial charge on any atom is 0.193 e. The van der Waals surface area contributed by atoms with Crippen molar-refractivity contribution < 1.29 is 14.3 Å². The predicted molar refractivity (Wildman–Crippen MR) is 150 cm³/mol. The van der Waals surface area contributed by atoms with Crippen molar-refractivity contribution in [1.82, 2.24) is 0 Å². The zero-order chi connectivity index (χ0) is 26.1. The highest BCUT2D eigenvalue weighted by Crippen LogP contribution is 2.44. The van der Waals surface area contributed by atoms with Crippen molar-refractivity contribution in [3.63, 3.8) is 0 Å². The lowest BCUT2D eigenvalue weighted by Gasteiger charge is -2.30. The molecule has 0 fully saturated rings. The molecule has 5 nitrogen and oxygen atoms in total. The van der Waals surface area contributed by atoms with Gasteiger partial charge in [-0.25, -0.2) is 0 Å². The molecule has 4 aromatic carbocycles. The Bertz CT molecular complexity index is 1530. The Balaban J connectivity index is 1.43. The highest BCUT2D eigenvalue weighted by atomic mass is 16.5. The summed E-state index contributed by atoms with van der Waals surface area (Å²) in [5.74, 6) is 0.928. The Morgan fingerprint density at radius 2 is 1.47 bits per heavy atom. The maximum absolute atomic E-state index is 13.8. The number of Topliss-reactive ketones (excluding diaryl/α,β-unsaturated/α-hetero) is 1. The molecular weight excluding hydrogens is 472 g/mol. The Hall–Kier alpha value is -4.64. The molecule has 5 heteroatoms. The number of ether oxygens (including phenoxy) is 1. The molecule has 0 unspecified atom stereocenters. The van der Waals surface area contributed by atoms with E-state index in [1.165, 1.54) is 0 Å². The summed E-state index contributed by atoms with van der Waals surface area (Å²) in [7, 11) is 1.64. The number of nitrogens with one attached hydrogen (secondary N) is 2. The average Bonchev–Trinajstić information content (AvgIpc) is 3.14. The standard InChI is InChI=1S/C33H28N2O3/c1-38-26-15-12-22(13-16-26)32-31-29(19-25(20-30(31)36)21-8-4-2-5-9-21)34-28-18-24(14-17-27(28)35-32)33(37)23-10-6-3-7-11-23/h2-18,25,32,34-35H,19-20H2,1H3/t25-,32+/m0/s1. The Labute approximate surface area is 222 Å². The number of hydrogen-bond donors (Lipinski definition) is 2. The van der Waals surface area contributed by atoms with Crippen LogP contribution < -0.4 is 15.4 Å². The van der Waals surface area contributed by atoms with Gasteiger partial charge < -0.3 is 15.4 Å². The average molecular weight is 501 g/mol. The van der Waals surface area contributed by atoms with Crippen LogP contribution in [-0.4, -0.2) is 18.7 Å². The van der Waals surface area contributed by atoms with Crippen LogP contribution in [0.1, 0.15) is 51.8 Å². The van der Waals surface area contributed by atoms with E-state index in [1.54, 1.807) is 7.11 Å². The highest BCUT2D eigenvalue weighted by molar-refractivity contribution is 6.10. The Morgan fingerprint density at radius 1 is 0.763 bits per heavy atom. The molecule has 1 aliphatic heterocycles. The van der Waals surface area contributed by atoms with Crippen molar-refractivity contribution >= 4 is 22.9 Å². The van der Waals surface area contributed by atoms with Gasteiger partial charge in [0.25, 0.3) is 0 Å². The predicted octanol–water partition coefficient (Wildman–Crippen LogP) is 6.91. The summed E-state index contributed by atoms with van der Waals surface area (Å²) in [6.45, 7) is 0. The number of rotatable bonds is 5. The van der Waals surface area contributed by atoms with Gasteiger partial charge in [-0.2, -0.15) is 0 Å². The first-order valence-electron chi connectivity index (χ1n) is 12.8. The van der Waals surface area contributed by atoms with Crippen LogP contribution in [0.15, 0.2) is 114 Å². The molecule has 4 aromatic rings. The molecule has 2 aliphatic rings. The number of methoxy groups -OCH3 is 1.